The lowest BCUT2D eigenvalue weighted by Crippen LogP contribution is -2.22. The maximum atomic E-state index is 11.9. The van der Waals surface area contributed by atoms with Crippen LogP contribution in [0.5, 0.6) is 0 Å². The molecule has 0 amide bonds. The summed E-state index contributed by atoms with van der Waals surface area (Å²) >= 11 is 6.06. The van der Waals surface area contributed by atoms with Gasteiger partial charge in [-0.2, -0.15) is 0 Å². The van der Waals surface area contributed by atoms with Crippen molar-refractivity contribution in [1.82, 2.24) is 9.55 Å². The van der Waals surface area contributed by atoms with Gasteiger partial charge in [0.15, 0.2) is 0 Å². The zero-order chi connectivity index (χ0) is 11.7. The number of nitrogens with zero attached hydrogens (tertiary/aromatic N) is 2. The van der Waals surface area contributed by atoms with E-state index in [4.69, 9.17) is 11.6 Å². The Bertz CT molecular complexity index is 590. The van der Waals surface area contributed by atoms with Gasteiger partial charge in [-0.3, -0.25) is 9.36 Å². The standard InChI is InChI=1S/C12H11ClN2O/c1-8-7-12(16)15(9(2)14-8)11-6-4-3-5-10(11)13/h3-7H,1-2H3. The largest absolute Gasteiger partial charge is 0.269 e. The molecule has 0 saturated carbocycles. The van der Waals surface area contributed by atoms with Crippen molar-refractivity contribution in [2.24, 2.45) is 0 Å². The molecule has 0 saturated heterocycles. The Kier molecular flexibility index (Phi) is 2.79. The molecule has 2 rings (SSSR count). The van der Waals surface area contributed by atoms with Gasteiger partial charge in [-0.15, -0.1) is 0 Å². The molecule has 0 bridgehead atoms. The van der Waals surface area contributed by atoms with E-state index in [1.54, 1.807) is 26.0 Å². The Labute approximate surface area is 98.3 Å². The fraction of sp³-hybridized carbons (Fsp3) is 0.167. The summed E-state index contributed by atoms with van der Waals surface area (Å²) in [5, 5.41) is 0.540. The molecule has 2 aromatic rings. The summed E-state index contributed by atoms with van der Waals surface area (Å²) in [6, 6.07) is 8.72. The second kappa shape index (κ2) is 4.10. The first-order chi connectivity index (χ1) is 7.59. The highest BCUT2D eigenvalue weighted by Gasteiger charge is 2.07. The van der Waals surface area contributed by atoms with E-state index in [2.05, 4.69) is 4.98 Å². The molecule has 4 heteroatoms. The van der Waals surface area contributed by atoms with E-state index in [0.717, 1.165) is 0 Å². The van der Waals surface area contributed by atoms with Crippen molar-refractivity contribution in [3.8, 4) is 5.69 Å². The zero-order valence-corrected chi connectivity index (χ0v) is 9.82. The lowest BCUT2D eigenvalue weighted by molar-refractivity contribution is 0.854. The van der Waals surface area contributed by atoms with Crippen molar-refractivity contribution in [2.45, 2.75) is 13.8 Å². The highest BCUT2D eigenvalue weighted by atomic mass is 35.5. The van der Waals surface area contributed by atoms with Crippen LogP contribution in [-0.4, -0.2) is 9.55 Å². The molecule has 0 fully saturated rings. The fourth-order valence-electron chi connectivity index (χ4n) is 1.67. The van der Waals surface area contributed by atoms with Gasteiger partial charge in [0.25, 0.3) is 5.56 Å². The number of aromatic nitrogens is 2. The van der Waals surface area contributed by atoms with E-state index in [0.29, 0.717) is 22.2 Å². The van der Waals surface area contributed by atoms with Crippen molar-refractivity contribution < 1.29 is 0 Å². The highest BCUT2D eigenvalue weighted by molar-refractivity contribution is 6.32. The summed E-state index contributed by atoms with van der Waals surface area (Å²) in [5.41, 5.74) is 1.27. The molecule has 0 spiro atoms. The lowest BCUT2D eigenvalue weighted by atomic mass is 10.3. The summed E-state index contributed by atoms with van der Waals surface area (Å²) in [6.07, 6.45) is 0. The van der Waals surface area contributed by atoms with Gasteiger partial charge in [0.2, 0.25) is 0 Å². The highest BCUT2D eigenvalue weighted by Crippen LogP contribution is 2.18. The molecule has 0 aliphatic carbocycles. The Morgan fingerprint density at radius 2 is 1.94 bits per heavy atom. The normalized spacial score (nSPS) is 10.4. The Morgan fingerprint density at radius 1 is 1.25 bits per heavy atom. The number of para-hydroxylation sites is 1. The van der Waals surface area contributed by atoms with Crippen LogP contribution in [0, 0.1) is 13.8 Å². The maximum Gasteiger partial charge on any atom is 0.258 e. The minimum absolute atomic E-state index is 0.113. The third kappa shape index (κ3) is 1.86. The molecule has 16 heavy (non-hydrogen) atoms. The number of aryl methyl sites for hydroxylation is 2. The molecule has 1 heterocycles. The molecule has 0 radical (unpaired) electrons. The number of halogens is 1. The van der Waals surface area contributed by atoms with Gasteiger partial charge >= 0.3 is 0 Å². The predicted molar refractivity (Wildman–Crippen MR) is 64.3 cm³/mol. The molecule has 0 unspecified atom stereocenters. The van der Waals surface area contributed by atoms with Crippen molar-refractivity contribution >= 4 is 11.6 Å². The van der Waals surface area contributed by atoms with E-state index >= 15 is 0 Å². The van der Waals surface area contributed by atoms with Gasteiger partial charge in [0.05, 0.1) is 10.7 Å². The van der Waals surface area contributed by atoms with Crippen LogP contribution in [0.2, 0.25) is 5.02 Å². The quantitative estimate of drug-likeness (QED) is 0.760. The number of benzene rings is 1. The van der Waals surface area contributed by atoms with E-state index in [1.807, 2.05) is 12.1 Å². The van der Waals surface area contributed by atoms with Crippen molar-refractivity contribution in [2.75, 3.05) is 0 Å². The Balaban J connectivity index is 2.75. The molecule has 0 aliphatic heterocycles. The molecular formula is C12H11ClN2O. The molecule has 0 N–H and O–H groups in total. The second-order valence-electron chi connectivity index (χ2n) is 3.57. The first-order valence-corrected chi connectivity index (χ1v) is 5.29. The van der Waals surface area contributed by atoms with Crippen LogP contribution in [0.1, 0.15) is 11.5 Å². The van der Waals surface area contributed by atoms with E-state index in [9.17, 15) is 4.79 Å². The minimum Gasteiger partial charge on any atom is -0.269 e. The van der Waals surface area contributed by atoms with Gasteiger partial charge in [-0.1, -0.05) is 23.7 Å². The Morgan fingerprint density at radius 3 is 2.56 bits per heavy atom. The number of hydrogen-bond donors (Lipinski definition) is 0. The van der Waals surface area contributed by atoms with Crippen molar-refractivity contribution in [1.29, 1.82) is 0 Å². The maximum absolute atomic E-state index is 11.9. The predicted octanol–water partition coefficient (Wildman–Crippen LogP) is 2.50. The minimum atomic E-state index is -0.113. The third-order valence-corrected chi connectivity index (χ3v) is 2.63. The van der Waals surface area contributed by atoms with Crippen LogP contribution in [0.15, 0.2) is 35.1 Å². The molecule has 1 aromatic carbocycles. The van der Waals surface area contributed by atoms with E-state index < -0.39 is 0 Å². The molecule has 82 valence electrons. The molecule has 0 atom stereocenters. The second-order valence-corrected chi connectivity index (χ2v) is 3.98. The number of hydrogen-bond acceptors (Lipinski definition) is 2. The molecule has 1 aromatic heterocycles. The van der Waals surface area contributed by atoms with E-state index in [-0.39, 0.29) is 5.56 Å². The third-order valence-electron chi connectivity index (χ3n) is 2.31. The monoisotopic (exact) mass is 234 g/mol. The van der Waals surface area contributed by atoms with Crippen LogP contribution >= 0.6 is 11.6 Å². The molecular weight excluding hydrogens is 224 g/mol. The first kappa shape index (κ1) is 10.9. The first-order valence-electron chi connectivity index (χ1n) is 4.92. The van der Waals surface area contributed by atoms with E-state index in [1.165, 1.54) is 10.6 Å². The van der Waals surface area contributed by atoms with Crippen LogP contribution < -0.4 is 5.56 Å². The van der Waals surface area contributed by atoms with Gasteiger partial charge in [0.1, 0.15) is 5.82 Å². The number of rotatable bonds is 1. The lowest BCUT2D eigenvalue weighted by Gasteiger charge is -2.10. The van der Waals surface area contributed by atoms with Crippen molar-refractivity contribution in [3.63, 3.8) is 0 Å². The van der Waals surface area contributed by atoms with Gasteiger partial charge in [-0.05, 0) is 26.0 Å². The Hall–Kier alpha value is -1.61. The van der Waals surface area contributed by atoms with Crippen LogP contribution in [0.3, 0.4) is 0 Å². The fourth-order valence-corrected chi connectivity index (χ4v) is 1.89. The average Bonchev–Trinajstić information content (AvgIpc) is 2.19. The average molecular weight is 235 g/mol. The van der Waals surface area contributed by atoms with Gasteiger partial charge in [-0.25, -0.2) is 4.98 Å². The topological polar surface area (TPSA) is 34.9 Å². The van der Waals surface area contributed by atoms with Crippen LogP contribution in [0.4, 0.5) is 0 Å². The summed E-state index contributed by atoms with van der Waals surface area (Å²) < 4.78 is 1.51. The van der Waals surface area contributed by atoms with Crippen LogP contribution in [-0.2, 0) is 0 Å². The molecule has 0 aliphatic rings. The summed E-state index contributed by atoms with van der Waals surface area (Å²) in [6.45, 7) is 3.59. The van der Waals surface area contributed by atoms with Gasteiger partial charge < -0.3 is 0 Å². The summed E-state index contributed by atoms with van der Waals surface area (Å²) in [7, 11) is 0. The summed E-state index contributed by atoms with van der Waals surface area (Å²) in [5.74, 6) is 0.637. The van der Waals surface area contributed by atoms with Crippen LogP contribution in [0.25, 0.3) is 5.69 Å². The zero-order valence-electron chi connectivity index (χ0n) is 9.07. The van der Waals surface area contributed by atoms with Gasteiger partial charge in [0, 0.05) is 11.8 Å². The van der Waals surface area contributed by atoms with Crippen molar-refractivity contribution in [3.05, 3.63) is 57.2 Å². The molecule has 3 nitrogen and oxygen atoms in total. The SMILES string of the molecule is Cc1cc(=O)n(-c2ccccc2Cl)c(C)n1. The smallest absolute Gasteiger partial charge is 0.258 e. The summed E-state index contributed by atoms with van der Waals surface area (Å²) in [4.78, 5) is 16.1.